The van der Waals surface area contributed by atoms with Crippen LogP contribution in [0.5, 0.6) is 0 Å². The Morgan fingerprint density at radius 2 is 2.12 bits per heavy atom. The third kappa shape index (κ3) is 3.62. The van der Waals surface area contributed by atoms with Gasteiger partial charge in [0.2, 0.25) is 11.7 Å². The quantitative estimate of drug-likeness (QED) is 0.829. The molecule has 3 rings (SSSR count). The summed E-state index contributed by atoms with van der Waals surface area (Å²) in [6, 6.07) is 8.04. The molecule has 6 nitrogen and oxygen atoms in total. The van der Waals surface area contributed by atoms with Crippen molar-refractivity contribution in [1.29, 1.82) is 0 Å². The molecular weight excluding hydrogens is 324 g/mol. The number of rotatable bonds is 5. The zero-order valence-electron chi connectivity index (χ0n) is 14.2. The van der Waals surface area contributed by atoms with E-state index in [2.05, 4.69) is 27.2 Å². The van der Waals surface area contributed by atoms with Crippen molar-refractivity contribution in [3.05, 3.63) is 35.7 Å². The second-order valence-electron chi connectivity index (χ2n) is 6.12. The van der Waals surface area contributed by atoms with Crippen LogP contribution in [0.4, 0.5) is 0 Å². The summed E-state index contributed by atoms with van der Waals surface area (Å²) in [5.74, 6) is 2.71. The fourth-order valence-electron chi connectivity index (χ4n) is 2.71. The van der Waals surface area contributed by atoms with Gasteiger partial charge in [0.05, 0.1) is 5.88 Å². The summed E-state index contributed by atoms with van der Waals surface area (Å²) in [5, 5.41) is 4.10. The van der Waals surface area contributed by atoms with Crippen LogP contribution in [0, 0.1) is 0 Å². The predicted octanol–water partition coefficient (Wildman–Crippen LogP) is 2.78. The van der Waals surface area contributed by atoms with Crippen molar-refractivity contribution in [3.63, 3.8) is 0 Å². The van der Waals surface area contributed by atoms with Crippen LogP contribution in [0.1, 0.15) is 30.8 Å². The molecule has 1 atom stereocenters. The number of thioether (sulfide) groups is 1. The van der Waals surface area contributed by atoms with Gasteiger partial charge in [-0.1, -0.05) is 36.3 Å². The van der Waals surface area contributed by atoms with Crippen molar-refractivity contribution >= 4 is 17.7 Å². The second kappa shape index (κ2) is 7.36. The molecule has 1 aliphatic heterocycles. The summed E-state index contributed by atoms with van der Waals surface area (Å²) in [6.45, 7) is 2.77. The molecule has 1 saturated heterocycles. The van der Waals surface area contributed by atoms with Crippen LogP contribution in [-0.2, 0) is 11.3 Å². The molecule has 1 aromatic carbocycles. The average molecular weight is 346 g/mol. The highest BCUT2D eigenvalue weighted by molar-refractivity contribution is 7.99. The first kappa shape index (κ1) is 17.0. The maximum atomic E-state index is 12.0. The first-order chi connectivity index (χ1) is 11.6. The first-order valence-corrected chi connectivity index (χ1v) is 9.18. The highest BCUT2D eigenvalue weighted by atomic mass is 32.2. The van der Waals surface area contributed by atoms with Crippen molar-refractivity contribution in [2.45, 2.75) is 25.9 Å². The molecule has 1 unspecified atom stereocenters. The van der Waals surface area contributed by atoms with E-state index in [1.165, 1.54) is 5.56 Å². The Morgan fingerprint density at radius 3 is 2.79 bits per heavy atom. The minimum Gasteiger partial charge on any atom is -0.337 e. The fourth-order valence-corrected chi connectivity index (χ4v) is 3.88. The number of hydrogen-bond donors (Lipinski definition) is 0. The van der Waals surface area contributed by atoms with Gasteiger partial charge in [-0.2, -0.15) is 4.98 Å². The van der Waals surface area contributed by atoms with E-state index in [-0.39, 0.29) is 11.9 Å². The Morgan fingerprint density at radius 1 is 1.38 bits per heavy atom. The largest absolute Gasteiger partial charge is 0.337 e. The van der Waals surface area contributed by atoms with Gasteiger partial charge in [-0.05, 0) is 19.7 Å². The SMILES string of the molecule is CCC(=O)N1CSCC1c1nc(-c2ccc(CN(C)C)cc2)no1. The monoisotopic (exact) mass is 346 g/mol. The molecule has 24 heavy (non-hydrogen) atoms. The number of benzene rings is 1. The van der Waals surface area contributed by atoms with Gasteiger partial charge >= 0.3 is 0 Å². The Bertz CT molecular complexity index is 699. The molecule has 2 heterocycles. The van der Waals surface area contributed by atoms with E-state index in [4.69, 9.17) is 4.52 Å². The van der Waals surface area contributed by atoms with Crippen molar-refractivity contribution in [2.24, 2.45) is 0 Å². The van der Waals surface area contributed by atoms with Crippen LogP contribution in [-0.4, -0.2) is 51.6 Å². The molecule has 0 aliphatic carbocycles. The maximum absolute atomic E-state index is 12.0. The number of amides is 1. The lowest BCUT2D eigenvalue weighted by molar-refractivity contribution is -0.131. The fraction of sp³-hybridized carbons (Fsp3) is 0.471. The predicted molar refractivity (Wildman–Crippen MR) is 94.3 cm³/mol. The third-order valence-electron chi connectivity index (χ3n) is 3.94. The smallest absolute Gasteiger partial charge is 0.250 e. The lowest BCUT2D eigenvalue weighted by atomic mass is 10.1. The number of hydrogen-bond acceptors (Lipinski definition) is 6. The molecule has 1 aromatic heterocycles. The molecule has 7 heteroatoms. The lowest BCUT2D eigenvalue weighted by Gasteiger charge is -2.19. The van der Waals surface area contributed by atoms with E-state index < -0.39 is 0 Å². The van der Waals surface area contributed by atoms with Gasteiger partial charge in [0, 0.05) is 24.3 Å². The summed E-state index contributed by atoms with van der Waals surface area (Å²) < 4.78 is 5.45. The Balaban J connectivity index is 1.76. The zero-order valence-corrected chi connectivity index (χ0v) is 15.0. The molecule has 0 radical (unpaired) electrons. The minimum atomic E-state index is -0.114. The van der Waals surface area contributed by atoms with Crippen LogP contribution in [0.2, 0.25) is 0 Å². The van der Waals surface area contributed by atoms with E-state index in [0.717, 1.165) is 17.9 Å². The molecule has 0 spiro atoms. The Labute approximate surface area is 146 Å². The van der Waals surface area contributed by atoms with E-state index in [1.807, 2.05) is 38.1 Å². The minimum absolute atomic E-state index is 0.114. The van der Waals surface area contributed by atoms with Crippen molar-refractivity contribution < 1.29 is 9.32 Å². The first-order valence-electron chi connectivity index (χ1n) is 8.03. The van der Waals surface area contributed by atoms with Gasteiger partial charge < -0.3 is 14.3 Å². The molecule has 1 fully saturated rings. The molecular formula is C17H22N4O2S. The standard InChI is InChI=1S/C17H22N4O2S/c1-4-15(22)21-11-24-10-14(21)17-18-16(19-23-17)13-7-5-12(6-8-13)9-20(2)3/h5-8,14H,4,9-11H2,1-3H3. The normalized spacial score (nSPS) is 17.7. The molecule has 0 saturated carbocycles. The van der Waals surface area contributed by atoms with E-state index in [0.29, 0.717) is 24.0 Å². The summed E-state index contributed by atoms with van der Waals surface area (Å²) >= 11 is 1.71. The van der Waals surface area contributed by atoms with Crippen LogP contribution < -0.4 is 0 Å². The summed E-state index contributed by atoms with van der Waals surface area (Å²) in [4.78, 5) is 20.5. The van der Waals surface area contributed by atoms with Crippen LogP contribution in [0.25, 0.3) is 11.4 Å². The van der Waals surface area contributed by atoms with Crippen LogP contribution in [0.15, 0.2) is 28.8 Å². The van der Waals surface area contributed by atoms with Crippen LogP contribution in [0.3, 0.4) is 0 Å². The number of carbonyl (C=O) groups excluding carboxylic acids is 1. The average Bonchev–Trinajstić information content (AvgIpc) is 3.23. The van der Waals surface area contributed by atoms with E-state index in [1.54, 1.807) is 11.8 Å². The molecule has 0 N–H and O–H groups in total. The highest BCUT2D eigenvalue weighted by Crippen LogP contribution is 2.33. The summed E-state index contributed by atoms with van der Waals surface area (Å²) in [5.41, 5.74) is 2.16. The summed E-state index contributed by atoms with van der Waals surface area (Å²) in [6.07, 6.45) is 0.491. The van der Waals surface area contributed by atoms with Crippen molar-refractivity contribution in [3.8, 4) is 11.4 Å². The summed E-state index contributed by atoms with van der Waals surface area (Å²) in [7, 11) is 4.09. The van der Waals surface area contributed by atoms with Crippen molar-refractivity contribution in [1.82, 2.24) is 19.9 Å². The number of nitrogens with zero attached hydrogens (tertiary/aromatic N) is 4. The molecule has 2 aromatic rings. The van der Waals surface area contributed by atoms with Gasteiger partial charge in [0.1, 0.15) is 6.04 Å². The second-order valence-corrected chi connectivity index (χ2v) is 7.12. The number of aromatic nitrogens is 2. The molecule has 1 amide bonds. The maximum Gasteiger partial charge on any atom is 0.250 e. The van der Waals surface area contributed by atoms with Crippen LogP contribution >= 0.6 is 11.8 Å². The molecule has 0 bridgehead atoms. The molecule has 128 valence electrons. The van der Waals surface area contributed by atoms with Gasteiger partial charge in [-0.25, -0.2) is 0 Å². The van der Waals surface area contributed by atoms with Gasteiger partial charge in [-0.15, -0.1) is 11.8 Å². The molecule has 1 aliphatic rings. The lowest BCUT2D eigenvalue weighted by Crippen LogP contribution is -2.30. The number of carbonyl (C=O) groups is 1. The third-order valence-corrected chi connectivity index (χ3v) is 4.96. The van der Waals surface area contributed by atoms with Gasteiger partial charge in [-0.3, -0.25) is 4.79 Å². The highest BCUT2D eigenvalue weighted by Gasteiger charge is 2.33. The Hall–Kier alpha value is -1.86. The van der Waals surface area contributed by atoms with Crippen molar-refractivity contribution in [2.75, 3.05) is 25.7 Å². The Kier molecular flexibility index (Phi) is 5.20. The zero-order chi connectivity index (χ0) is 17.1. The van der Waals surface area contributed by atoms with Gasteiger partial charge in [0.15, 0.2) is 0 Å². The van der Waals surface area contributed by atoms with Gasteiger partial charge in [0.25, 0.3) is 5.89 Å². The van der Waals surface area contributed by atoms with E-state index >= 15 is 0 Å². The topological polar surface area (TPSA) is 62.5 Å². The van der Waals surface area contributed by atoms with E-state index in [9.17, 15) is 4.79 Å².